The molecule has 2 aromatic heterocycles. The maximum absolute atomic E-state index is 11.8. The van der Waals surface area contributed by atoms with Crippen molar-refractivity contribution in [3.8, 4) is 0 Å². The van der Waals surface area contributed by atoms with Crippen LogP contribution in [-0.4, -0.2) is 15.3 Å². The standard InChI is InChI=1S/C11H9BrN2O2S/c1-7-10(12)11(16)14(6-13-7)5-8(15)9-3-2-4-17-9/h2-4,6H,5H2,1H3. The van der Waals surface area contributed by atoms with E-state index in [0.29, 0.717) is 15.0 Å². The number of ketones is 1. The lowest BCUT2D eigenvalue weighted by atomic mass is 10.3. The lowest BCUT2D eigenvalue weighted by molar-refractivity contribution is 0.0974. The van der Waals surface area contributed by atoms with Crippen molar-refractivity contribution in [2.45, 2.75) is 13.5 Å². The van der Waals surface area contributed by atoms with Crippen LogP contribution in [0.25, 0.3) is 0 Å². The number of nitrogens with zero attached hydrogens (tertiary/aromatic N) is 2. The Kier molecular flexibility index (Phi) is 3.54. The van der Waals surface area contributed by atoms with Gasteiger partial charge in [-0.2, -0.15) is 0 Å². The molecule has 2 aromatic rings. The fraction of sp³-hybridized carbons (Fsp3) is 0.182. The van der Waals surface area contributed by atoms with Gasteiger partial charge >= 0.3 is 0 Å². The van der Waals surface area contributed by atoms with Crippen LogP contribution in [0.4, 0.5) is 0 Å². The lowest BCUT2D eigenvalue weighted by Crippen LogP contribution is -2.25. The third-order valence-corrected chi connectivity index (χ3v) is 4.09. The Morgan fingerprint density at radius 1 is 1.59 bits per heavy atom. The van der Waals surface area contributed by atoms with Gasteiger partial charge in [0, 0.05) is 0 Å². The van der Waals surface area contributed by atoms with E-state index in [-0.39, 0.29) is 17.9 Å². The summed E-state index contributed by atoms with van der Waals surface area (Å²) < 4.78 is 1.71. The first-order chi connectivity index (χ1) is 8.09. The highest BCUT2D eigenvalue weighted by atomic mass is 79.9. The molecule has 0 aliphatic rings. The molecular weight excluding hydrogens is 304 g/mol. The Balaban J connectivity index is 2.29. The van der Waals surface area contributed by atoms with Crippen molar-refractivity contribution in [2.24, 2.45) is 0 Å². The number of Topliss-reactive ketones (excluding diaryl/α,β-unsaturated/α-hetero) is 1. The van der Waals surface area contributed by atoms with Gasteiger partial charge in [-0.05, 0) is 34.3 Å². The van der Waals surface area contributed by atoms with Gasteiger partial charge in [0.2, 0.25) is 0 Å². The van der Waals surface area contributed by atoms with Crippen LogP contribution in [0.3, 0.4) is 0 Å². The molecule has 17 heavy (non-hydrogen) atoms. The molecule has 6 heteroatoms. The van der Waals surface area contributed by atoms with Crippen LogP contribution in [0.15, 0.2) is 33.1 Å². The summed E-state index contributed by atoms with van der Waals surface area (Å²) >= 11 is 4.53. The predicted octanol–water partition coefficient (Wildman–Crippen LogP) is 2.26. The Hall–Kier alpha value is -1.27. The normalized spacial score (nSPS) is 10.5. The number of hydrogen-bond donors (Lipinski definition) is 0. The van der Waals surface area contributed by atoms with Crippen LogP contribution < -0.4 is 5.56 Å². The fourth-order valence-electron chi connectivity index (χ4n) is 1.33. The van der Waals surface area contributed by atoms with Gasteiger partial charge in [-0.15, -0.1) is 11.3 Å². The molecule has 0 N–H and O–H groups in total. The molecule has 88 valence electrons. The van der Waals surface area contributed by atoms with Crippen LogP contribution in [0.5, 0.6) is 0 Å². The van der Waals surface area contributed by atoms with Gasteiger partial charge in [0.1, 0.15) is 4.47 Å². The predicted molar refractivity (Wildman–Crippen MR) is 69.6 cm³/mol. The van der Waals surface area contributed by atoms with Crippen molar-refractivity contribution < 1.29 is 4.79 Å². The van der Waals surface area contributed by atoms with Gasteiger partial charge in [0.15, 0.2) is 5.78 Å². The highest BCUT2D eigenvalue weighted by Gasteiger charge is 2.11. The third-order valence-electron chi connectivity index (χ3n) is 2.27. The van der Waals surface area contributed by atoms with Crippen LogP contribution in [0.1, 0.15) is 15.4 Å². The summed E-state index contributed by atoms with van der Waals surface area (Å²) in [4.78, 5) is 28.3. The van der Waals surface area contributed by atoms with E-state index in [1.54, 1.807) is 13.0 Å². The molecule has 2 rings (SSSR count). The number of aryl methyl sites for hydroxylation is 1. The SMILES string of the molecule is Cc1ncn(CC(=O)c2cccs2)c(=O)c1Br. The Bertz CT molecular complexity index is 604. The van der Waals surface area contributed by atoms with Gasteiger partial charge in [-0.1, -0.05) is 6.07 Å². The molecule has 4 nitrogen and oxygen atoms in total. The van der Waals surface area contributed by atoms with E-state index in [9.17, 15) is 9.59 Å². The van der Waals surface area contributed by atoms with Crippen molar-refractivity contribution in [3.05, 3.63) is 49.2 Å². The highest BCUT2D eigenvalue weighted by molar-refractivity contribution is 9.10. The molecule has 0 atom stereocenters. The Labute approximate surface area is 110 Å². The van der Waals surface area contributed by atoms with Crippen LogP contribution in [-0.2, 0) is 6.54 Å². The minimum Gasteiger partial charge on any atom is -0.291 e. The average molecular weight is 313 g/mol. The molecule has 0 radical (unpaired) electrons. The minimum atomic E-state index is -0.234. The molecule has 0 spiro atoms. The Morgan fingerprint density at radius 3 is 3.00 bits per heavy atom. The molecule has 0 saturated heterocycles. The smallest absolute Gasteiger partial charge is 0.268 e. The second kappa shape index (κ2) is 4.93. The van der Waals surface area contributed by atoms with E-state index >= 15 is 0 Å². The van der Waals surface area contributed by atoms with E-state index < -0.39 is 0 Å². The van der Waals surface area contributed by atoms with Crippen LogP contribution >= 0.6 is 27.3 Å². The number of carbonyl (C=O) groups is 1. The average Bonchev–Trinajstić information content (AvgIpc) is 2.83. The van der Waals surface area contributed by atoms with Gasteiger partial charge in [-0.3, -0.25) is 14.2 Å². The number of halogens is 1. The first kappa shape index (κ1) is 12.2. The van der Waals surface area contributed by atoms with E-state index in [2.05, 4.69) is 20.9 Å². The number of rotatable bonds is 3. The van der Waals surface area contributed by atoms with E-state index in [4.69, 9.17) is 0 Å². The van der Waals surface area contributed by atoms with Crippen LogP contribution in [0, 0.1) is 6.92 Å². The van der Waals surface area contributed by atoms with Crippen molar-refractivity contribution in [1.82, 2.24) is 9.55 Å². The third kappa shape index (κ3) is 2.53. The molecule has 0 fully saturated rings. The molecule has 0 aliphatic carbocycles. The number of thiophene rings is 1. The monoisotopic (exact) mass is 312 g/mol. The summed E-state index contributed by atoms with van der Waals surface area (Å²) in [5.41, 5.74) is 0.386. The summed E-state index contributed by atoms with van der Waals surface area (Å²) in [7, 11) is 0. The second-order valence-corrected chi connectivity index (χ2v) is 5.22. The number of carbonyl (C=O) groups excluding carboxylic acids is 1. The highest BCUT2D eigenvalue weighted by Crippen LogP contribution is 2.11. The minimum absolute atomic E-state index is 0.0191. The van der Waals surface area contributed by atoms with Crippen molar-refractivity contribution in [3.63, 3.8) is 0 Å². The molecule has 2 heterocycles. The van der Waals surface area contributed by atoms with Crippen molar-refractivity contribution in [2.75, 3.05) is 0 Å². The Morgan fingerprint density at radius 2 is 2.35 bits per heavy atom. The van der Waals surface area contributed by atoms with E-state index in [1.807, 2.05) is 11.4 Å². The first-order valence-electron chi connectivity index (χ1n) is 4.88. The molecule has 0 aromatic carbocycles. The molecular formula is C11H9BrN2O2S. The maximum Gasteiger partial charge on any atom is 0.268 e. The molecule has 0 aliphatic heterocycles. The van der Waals surface area contributed by atoms with E-state index in [0.717, 1.165) is 0 Å². The summed E-state index contributed by atoms with van der Waals surface area (Å²) in [5, 5.41) is 1.83. The molecule has 0 bridgehead atoms. The molecule has 0 saturated carbocycles. The largest absolute Gasteiger partial charge is 0.291 e. The zero-order chi connectivity index (χ0) is 12.4. The quantitative estimate of drug-likeness (QED) is 0.817. The zero-order valence-electron chi connectivity index (χ0n) is 9.01. The molecule has 0 amide bonds. The summed E-state index contributed by atoms with van der Waals surface area (Å²) in [6, 6.07) is 3.55. The van der Waals surface area contributed by atoms with Gasteiger partial charge in [0.05, 0.1) is 23.4 Å². The second-order valence-electron chi connectivity index (χ2n) is 3.48. The maximum atomic E-state index is 11.8. The van der Waals surface area contributed by atoms with Crippen molar-refractivity contribution in [1.29, 1.82) is 0 Å². The fourth-order valence-corrected chi connectivity index (χ4v) is 2.32. The summed E-state index contributed by atoms with van der Waals surface area (Å²) in [5.74, 6) is -0.0837. The van der Waals surface area contributed by atoms with E-state index in [1.165, 1.54) is 22.2 Å². The number of hydrogen-bond acceptors (Lipinski definition) is 4. The van der Waals surface area contributed by atoms with Gasteiger partial charge < -0.3 is 0 Å². The summed E-state index contributed by atoms with van der Waals surface area (Å²) in [6.45, 7) is 1.75. The lowest BCUT2D eigenvalue weighted by Gasteiger charge is -2.05. The topological polar surface area (TPSA) is 52.0 Å². The van der Waals surface area contributed by atoms with Gasteiger partial charge in [-0.25, -0.2) is 4.98 Å². The van der Waals surface area contributed by atoms with Crippen LogP contribution in [0.2, 0.25) is 0 Å². The summed E-state index contributed by atoms with van der Waals surface area (Å²) in [6.07, 6.45) is 1.40. The number of aromatic nitrogens is 2. The molecule has 0 unspecified atom stereocenters. The van der Waals surface area contributed by atoms with Gasteiger partial charge in [0.25, 0.3) is 5.56 Å². The van der Waals surface area contributed by atoms with Crippen molar-refractivity contribution >= 4 is 33.0 Å². The zero-order valence-corrected chi connectivity index (χ0v) is 11.4. The first-order valence-corrected chi connectivity index (χ1v) is 6.55.